The molecule has 0 radical (unpaired) electrons. The van der Waals surface area contributed by atoms with Gasteiger partial charge in [0.25, 0.3) is 5.91 Å². The van der Waals surface area contributed by atoms with E-state index in [-0.39, 0.29) is 5.91 Å². The van der Waals surface area contributed by atoms with Crippen LogP contribution in [0.4, 0.5) is 0 Å². The quantitative estimate of drug-likeness (QED) is 0.458. The Morgan fingerprint density at radius 1 is 1.11 bits per heavy atom. The highest BCUT2D eigenvalue weighted by atomic mass is 16.3. The largest absolute Gasteiger partial charge is 0.508 e. The topological polar surface area (TPSA) is 55.8 Å². The van der Waals surface area contributed by atoms with E-state index in [0.29, 0.717) is 35.1 Å². The maximum absolute atomic E-state index is 13.4. The number of rotatable bonds is 9. The summed E-state index contributed by atoms with van der Waals surface area (Å²) in [5.74, 6) is 1.81. The first-order valence-electron chi connectivity index (χ1n) is 14.4. The van der Waals surface area contributed by atoms with Crippen LogP contribution in [0.3, 0.4) is 0 Å². The minimum absolute atomic E-state index is 0.170. The predicted octanol–water partition coefficient (Wildman–Crippen LogP) is 5.26. The van der Waals surface area contributed by atoms with Crippen molar-refractivity contribution in [3.8, 4) is 5.75 Å². The zero-order chi connectivity index (χ0) is 26.0. The monoisotopic (exact) mass is 503 g/mol. The van der Waals surface area contributed by atoms with Crippen LogP contribution >= 0.6 is 0 Å². The molecular formula is C32H45N3O2. The summed E-state index contributed by atoms with van der Waals surface area (Å²) in [5, 5.41) is 13.3. The standard InChI is InChI=1S/C32H45N3O2/c1-23-21-26(36)12-11-25(23)22-30-32-16-13-27(28(32)15-20-35(30)19-8-7-18-33-2)29(14-17-32)34(3)31(37)24-9-5-4-6-10-24/h4-6,9-12,21,27-30,33,36H,7-8,13-20,22H2,1-3H3. The molecule has 5 atom stereocenters. The van der Waals surface area contributed by atoms with Gasteiger partial charge in [-0.1, -0.05) is 24.3 Å². The Balaban J connectivity index is 1.39. The first-order chi connectivity index (χ1) is 17.9. The molecule has 2 aliphatic carbocycles. The van der Waals surface area contributed by atoms with Gasteiger partial charge in [-0.15, -0.1) is 0 Å². The Morgan fingerprint density at radius 3 is 2.65 bits per heavy atom. The second-order valence-electron chi connectivity index (χ2n) is 11.9. The summed E-state index contributed by atoms with van der Waals surface area (Å²) >= 11 is 0. The zero-order valence-electron chi connectivity index (χ0n) is 23.0. The molecule has 2 saturated carbocycles. The van der Waals surface area contributed by atoms with E-state index in [2.05, 4.69) is 28.1 Å². The fourth-order valence-electron chi connectivity index (χ4n) is 8.31. The van der Waals surface area contributed by atoms with E-state index in [1.165, 1.54) is 56.2 Å². The first kappa shape index (κ1) is 26.2. The number of carbonyl (C=O) groups excluding carboxylic acids is 1. The molecule has 2 aromatic carbocycles. The van der Waals surface area contributed by atoms with Crippen LogP contribution < -0.4 is 5.32 Å². The number of phenolic OH excluding ortho intramolecular Hbond substituents is 1. The van der Waals surface area contributed by atoms with E-state index in [4.69, 9.17) is 0 Å². The smallest absolute Gasteiger partial charge is 0.253 e. The lowest BCUT2D eigenvalue weighted by Gasteiger charge is -2.57. The van der Waals surface area contributed by atoms with Crippen LogP contribution in [0.25, 0.3) is 0 Å². The summed E-state index contributed by atoms with van der Waals surface area (Å²) in [7, 11) is 4.08. The molecule has 5 nitrogen and oxygen atoms in total. The van der Waals surface area contributed by atoms with Crippen molar-refractivity contribution >= 4 is 5.91 Å². The van der Waals surface area contributed by atoms with Gasteiger partial charge in [0, 0.05) is 24.7 Å². The molecule has 5 rings (SSSR count). The van der Waals surface area contributed by atoms with Gasteiger partial charge >= 0.3 is 0 Å². The lowest BCUT2D eigenvalue weighted by Crippen LogP contribution is -2.60. The van der Waals surface area contributed by atoms with Crippen LogP contribution in [0.15, 0.2) is 48.5 Å². The second kappa shape index (κ2) is 11.2. The van der Waals surface area contributed by atoms with Gasteiger partial charge in [-0.3, -0.25) is 9.69 Å². The number of hydrogen-bond acceptors (Lipinski definition) is 4. The molecule has 0 aromatic heterocycles. The van der Waals surface area contributed by atoms with Crippen LogP contribution in [0, 0.1) is 24.2 Å². The van der Waals surface area contributed by atoms with Gasteiger partial charge in [-0.25, -0.2) is 0 Å². The number of piperidine rings is 1. The van der Waals surface area contributed by atoms with Crippen LogP contribution in [0.5, 0.6) is 5.75 Å². The highest BCUT2D eigenvalue weighted by Crippen LogP contribution is 2.62. The average Bonchev–Trinajstić information content (AvgIpc) is 3.17. The fraction of sp³-hybridized carbons (Fsp3) is 0.594. The Labute approximate surface area is 223 Å². The highest BCUT2D eigenvalue weighted by molar-refractivity contribution is 5.94. The van der Waals surface area contributed by atoms with E-state index in [1.807, 2.05) is 56.6 Å². The van der Waals surface area contributed by atoms with E-state index in [1.54, 1.807) is 0 Å². The molecule has 2 N–H and O–H groups in total. The molecule has 3 aliphatic rings. The third-order valence-electron chi connectivity index (χ3n) is 10.1. The van der Waals surface area contributed by atoms with E-state index in [9.17, 15) is 9.90 Å². The second-order valence-corrected chi connectivity index (χ2v) is 11.9. The maximum Gasteiger partial charge on any atom is 0.253 e. The van der Waals surface area contributed by atoms with Crippen molar-refractivity contribution in [3.05, 3.63) is 65.2 Å². The van der Waals surface area contributed by atoms with E-state index in [0.717, 1.165) is 31.5 Å². The SMILES string of the molecule is CNCCCCN1CCC2C3CCC2(CCC3N(C)C(=O)c2ccccc2)C1Cc1ccc(O)cc1C. The van der Waals surface area contributed by atoms with Gasteiger partial charge in [-0.05, 0) is 138 Å². The van der Waals surface area contributed by atoms with Crippen molar-refractivity contribution in [2.45, 2.75) is 70.4 Å². The Hall–Kier alpha value is -2.37. The van der Waals surface area contributed by atoms with Gasteiger partial charge in [0.1, 0.15) is 5.75 Å². The molecule has 2 bridgehead atoms. The third-order valence-corrected chi connectivity index (χ3v) is 10.1. The number of phenols is 1. The van der Waals surface area contributed by atoms with Gasteiger partial charge in [0.2, 0.25) is 0 Å². The Bertz CT molecular complexity index is 1070. The fourth-order valence-corrected chi connectivity index (χ4v) is 8.31. The number of hydrogen-bond donors (Lipinski definition) is 2. The van der Waals surface area contributed by atoms with Crippen LogP contribution in [0.2, 0.25) is 0 Å². The Kier molecular flexibility index (Phi) is 7.92. The first-order valence-corrected chi connectivity index (χ1v) is 14.4. The van der Waals surface area contributed by atoms with Crippen LogP contribution in [0.1, 0.15) is 66.4 Å². The zero-order valence-corrected chi connectivity index (χ0v) is 23.0. The molecule has 1 amide bonds. The predicted molar refractivity (Wildman–Crippen MR) is 150 cm³/mol. The number of nitrogens with one attached hydrogen (secondary N) is 1. The average molecular weight is 504 g/mol. The van der Waals surface area contributed by atoms with Gasteiger partial charge < -0.3 is 15.3 Å². The molecule has 200 valence electrons. The number of carbonyl (C=O) groups is 1. The highest BCUT2D eigenvalue weighted by Gasteiger charge is 2.60. The molecule has 1 saturated heterocycles. The Morgan fingerprint density at radius 2 is 1.89 bits per heavy atom. The number of benzene rings is 2. The summed E-state index contributed by atoms with van der Waals surface area (Å²) in [6.45, 7) is 5.55. The molecular weight excluding hydrogens is 458 g/mol. The molecule has 5 unspecified atom stereocenters. The normalized spacial score (nSPS) is 29.2. The molecule has 5 heteroatoms. The van der Waals surface area contributed by atoms with Crippen molar-refractivity contribution in [2.75, 3.05) is 33.7 Å². The summed E-state index contributed by atoms with van der Waals surface area (Å²) in [5.41, 5.74) is 3.71. The number of aryl methyl sites for hydroxylation is 1. The van der Waals surface area contributed by atoms with Crippen molar-refractivity contribution < 1.29 is 9.90 Å². The van der Waals surface area contributed by atoms with Crippen molar-refractivity contribution in [2.24, 2.45) is 17.3 Å². The summed E-state index contributed by atoms with van der Waals surface area (Å²) in [6, 6.07) is 16.6. The molecule has 0 spiro atoms. The number of unbranched alkanes of at least 4 members (excludes halogenated alkanes) is 1. The molecule has 37 heavy (non-hydrogen) atoms. The summed E-state index contributed by atoms with van der Waals surface area (Å²) < 4.78 is 0. The van der Waals surface area contributed by atoms with Gasteiger partial charge in [-0.2, -0.15) is 0 Å². The van der Waals surface area contributed by atoms with Crippen LogP contribution in [-0.2, 0) is 6.42 Å². The number of likely N-dealkylation sites (tertiary alicyclic amines) is 1. The van der Waals surface area contributed by atoms with Gasteiger partial charge in [0.05, 0.1) is 0 Å². The lowest BCUT2D eigenvalue weighted by molar-refractivity contribution is -0.0702. The molecule has 3 fully saturated rings. The van der Waals surface area contributed by atoms with Crippen LogP contribution in [-0.4, -0.2) is 66.6 Å². The van der Waals surface area contributed by atoms with E-state index >= 15 is 0 Å². The van der Waals surface area contributed by atoms with Crippen molar-refractivity contribution in [1.29, 1.82) is 0 Å². The number of amides is 1. The molecule has 2 aromatic rings. The maximum atomic E-state index is 13.4. The minimum atomic E-state index is 0.170. The van der Waals surface area contributed by atoms with Crippen molar-refractivity contribution in [1.82, 2.24) is 15.1 Å². The molecule has 1 aliphatic heterocycles. The number of nitrogens with zero attached hydrogens (tertiary/aromatic N) is 2. The lowest BCUT2D eigenvalue weighted by atomic mass is 9.57. The number of aromatic hydroxyl groups is 1. The summed E-state index contributed by atoms with van der Waals surface area (Å²) in [4.78, 5) is 18.3. The molecule has 1 heterocycles. The van der Waals surface area contributed by atoms with E-state index < -0.39 is 0 Å². The van der Waals surface area contributed by atoms with Gasteiger partial charge in [0.15, 0.2) is 0 Å². The minimum Gasteiger partial charge on any atom is -0.508 e. The summed E-state index contributed by atoms with van der Waals surface area (Å²) in [6.07, 6.45) is 9.59. The third kappa shape index (κ3) is 5.05. The van der Waals surface area contributed by atoms with Crippen molar-refractivity contribution in [3.63, 3.8) is 0 Å².